The van der Waals surface area contributed by atoms with Crippen LogP contribution in [0.4, 0.5) is 0 Å². The van der Waals surface area contributed by atoms with Gasteiger partial charge in [0.25, 0.3) is 0 Å². The van der Waals surface area contributed by atoms with E-state index in [4.69, 9.17) is 9.47 Å². The largest absolute Gasteiger partial charge is 0.492 e. The maximum absolute atomic E-state index is 11.4. The molecule has 0 radical (unpaired) electrons. The second-order valence-corrected chi connectivity index (χ2v) is 4.88. The molecule has 0 fully saturated rings. The highest BCUT2D eigenvalue weighted by Gasteiger charge is 2.05. The number of nitrogens with one attached hydrogen (secondary N) is 2. The number of rotatable bonds is 8. The van der Waals surface area contributed by atoms with E-state index in [-0.39, 0.29) is 12.1 Å². The van der Waals surface area contributed by atoms with Gasteiger partial charge in [-0.05, 0) is 26.0 Å². The van der Waals surface area contributed by atoms with Crippen LogP contribution in [0.3, 0.4) is 0 Å². The number of carbonyl (C=O) groups is 1. The molecule has 2 N–H and O–H groups in total. The van der Waals surface area contributed by atoms with Crippen molar-refractivity contribution in [1.29, 1.82) is 0 Å². The van der Waals surface area contributed by atoms with E-state index in [9.17, 15) is 4.79 Å². The Morgan fingerprint density at radius 3 is 2.50 bits per heavy atom. The van der Waals surface area contributed by atoms with Crippen molar-refractivity contribution in [3.8, 4) is 5.75 Å². The van der Waals surface area contributed by atoms with Gasteiger partial charge in [-0.2, -0.15) is 0 Å². The summed E-state index contributed by atoms with van der Waals surface area (Å²) < 4.78 is 10.6. The fourth-order valence-corrected chi connectivity index (χ4v) is 1.68. The maximum Gasteiger partial charge on any atom is 0.307 e. The van der Waals surface area contributed by atoms with Gasteiger partial charge in [0, 0.05) is 13.6 Å². The third-order valence-corrected chi connectivity index (χ3v) is 2.62. The first-order valence-electron chi connectivity index (χ1n) is 7.43. The molecule has 0 spiro atoms. The van der Waals surface area contributed by atoms with E-state index in [1.54, 1.807) is 7.05 Å². The number of guanidine groups is 1. The van der Waals surface area contributed by atoms with Gasteiger partial charge in [0.2, 0.25) is 0 Å². The molecule has 1 aromatic carbocycles. The summed E-state index contributed by atoms with van der Waals surface area (Å²) in [6.07, 6.45) is 0.222. The lowest BCUT2D eigenvalue weighted by Gasteiger charge is -2.13. The summed E-state index contributed by atoms with van der Waals surface area (Å²) in [5, 5.41) is 6.17. The Bertz CT molecular complexity index is 461. The van der Waals surface area contributed by atoms with Crippen molar-refractivity contribution in [1.82, 2.24) is 10.6 Å². The van der Waals surface area contributed by atoms with Crippen LogP contribution in [-0.4, -0.2) is 44.8 Å². The van der Waals surface area contributed by atoms with Crippen molar-refractivity contribution in [2.75, 3.05) is 26.7 Å². The minimum Gasteiger partial charge on any atom is -0.492 e. The van der Waals surface area contributed by atoms with Crippen molar-refractivity contribution < 1.29 is 14.3 Å². The smallest absolute Gasteiger partial charge is 0.307 e. The van der Waals surface area contributed by atoms with Crippen LogP contribution in [0.25, 0.3) is 0 Å². The number of hydrogen-bond donors (Lipinski definition) is 2. The van der Waals surface area contributed by atoms with E-state index in [0.29, 0.717) is 32.1 Å². The van der Waals surface area contributed by atoms with E-state index < -0.39 is 0 Å². The normalized spacial score (nSPS) is 11.2. The van der Waals surface area contributed by atoms with E-state index in [0.717, 1.165) is 5.75 Å². The second kappa shape index (κ2) is 10.5. The molecule has 0 aliphatic heterocycles. The lowest BCUT2D eigenvalue weighted by atomic mass is 10.3. The predicted molar refractivity (Wildman–Crippen MR) is 87.1 cm³/mol. The van der Waals surface area contributed by atoms with Crippen LogP contribution in [-0.2, 0) is 9.53 Å². The van der Waals surface area contributed by atoms with Gasteiger partial charge in [-0.1, -0.05) is 18.2 Å². The molecule has 6 nitrogen and oxygen atoms in total. The van der Waals surface area contributed by atoms with E-state index in [1.807, 2.05) is 44.2 Å². The van der Waals surface area contributed by atoms with Gasteiger partial charge in [-0.15, -0.1) is 0 Å². The maximum atomic E-state index is 11.4. The first-order chi connectivity index (χ1) is 10.6. The Labute approximate surface area is 131 Å². The average molecular weight is 307 g/mol. The van der Waals surface area contributed by atoms with Crippen molar-refractivity contribution >= 4 is 11.9 Å². The minimum atomic E-state index is -0.217. The lowest BCUT2D eigenvalue weighted by molar-refractivity contribution is -0.147. The number of ether oxygens (including phenoxy) is 2. The highest BCUT2D eigenvalue weighted by molar-refractivity contribution is 5.80. The van der Waals surface area contributed by atoms with E-state index in [2.05, 4.69) is 15.6 Å². The third-order valence-electron chi connectivity index (χ3n) is 2.62. The molecule has 0 aliphatic carbocycles. The molecular weight excluding hydrogens is 282 g/mol. The Morgan fingerprint density at radius 1 is 1.18 bits per heavy atom. The average Bonchev–Trinajstić information content (AvgIpc) is 2.50. The fourth-order valence-electron chi connectivity index (χ4n) is 1.68. The number of aliphatic imine (C=N–C) groups is 1. The predicted octanol–water partition coefficient (Wildman–Crippen LogP) is 1.57. The summed E-state index contributed by atoms with van der Waals surface area (Å²) in [4.78, 5) is 15.5. The molecule has 0 saturated heterocycles. The number of carbonyl (C=O) groups excluding carboxylic acids is 1. The topological polar surface area (TPSA) is 72.0 Å². The highest BCUT2D eigenvalue weighted by Crippen LogP contribution is 2.07. The Hall–Kier alpha value is -2.24. The molecule has 0 aliphatic rings. The molecule has 22 heavy (non-hydrogen) atoms. The number of benzene rings is 1. The first kappa shape index (κ1) is 17.8. The summed E-state index contributed by atoms with van der Waals surface area (Å²) in [5.41, 5.74) is 0. The summed E-state index contributed by atoms with van der Waals surface area (Å²) in [6.45, 7) is 5.28. The monoisotopic (exact) mass is 307 g/mol. The molecule has 0 unspecified atom stereocenters. The van der Waals surface area contributed by atoms with Crippen LogP contribution < -0.4 is 15.4 Å². The Kier molecular flexibility index (Phi) is 8.49. The van der Waals surface area contributed by atoms with E-state index in [1.165, 1.54) is 0 Å². The molecule has 122 valence electrons. The number of hydrogen-bond acceptors (Lipinski definition) is 4. The quantitative estimate of drug-likeness (QED) is 0.330. The van der Waals surface area contributed by atoms with Crippen LogP contribution in [0.1, 0.15) is 20.3 Å². The standard InChI is InChI=1S/C16H25N3O3/c1-13(2)22-15(20)9-10-18-16(17-3)19-11-12-21-14-7-5-4-6-8-14/h4-8,13H,9-12H2,1-3H3,(H2,17,18,19). The molecule has 0 heterocycles. The Balaban J connectivity index is 2.13. The molecule has 0 atom stereocenters. The number of esters is 1. The van der Waals surface area contributed by atoms with Gasteiger partial charge >= 0.3 is 5.97 Å². The zero-order chi connectivity index (χ0) is 16.2. The molecule has 0 aromatic heterocycles. The third kappa shape index (κ3) is 8.14. The second-order valence-electron chi connectivity index (χ2n) is 4.88. The van der Waals surface area contributed by atoms with Crippen LogP contribution >= 0.6 is 0 Å². The van der Waals surface area contributed by atoms with Crippen molar-refractivity contribution in [3.05, 3.63) is 30.3 Å². The highest BCUT2D eigenvalue weighted by atomic mass is 16.5. The summed E-state index contributed by atoms with van der Waals surface area (Å²) in [7, 11) is 1.68. The summed E-state index contributed by atoms with van der Waals surface area (Å²) >= 11 is 0. The number of nitrogens with zero attached hydrogens (tertiary/aromatic N) is 1. The van der Waals surface area contributed by atoms with Crippen LogP contribution in [0.5, 0.6) is 5.75 Å². The summed E-state index contributed by atoms with van der Waals surface area (Å²) in [5.74, 6) is 1.25. The molecule has 0 amide bonds. The zero-order valence-electron chi connectivity index (χ0n) is 13.5. The van der Waals surface area contributed by atoms with Gasteiger partial charge in [-0.25, -0.2) is 0 Å². The Morgan fingerprint density at radius 2 is 1.86 bits per heavy atom. The van der Waals surface area contributed by atoms with Crippen LogP contribution in [0.15, 0.2) is 35.3 Å². The lowest BCUT2D eigenvalue weighted by Crippen LogP contribution is -2.40. The van der Waals surface area contributed by atoms with Gasteiger partial charge < -0.3 is 20.1 Å². The SMILES string of the molecule is CN=C(NCCOc1ccccc1)NCCC(=O)OC(C)C. The first-order valence-corrected chi connectivity index (χ1v) is 7.43. The molecular formula is C16H25N3O3. The van der Waals surface area contributed by atoms with E-state index >= 15 is 0 Å². The van der Waals surface area contributed by atoms with Gasteiger partial charge in [0.1, 0.15) is 12.4 Å². The molecule has 0 saturated carbocycles. The van der Waals surface area contributed by atoms with Crippen LogP contribution in [0.2, 0.25) is 0 Å². The molecule has 1 rings (SSSR count). The van der Waals surface area contributed by atoms with Gasteiger partial charge in [-0.3, -0.25) is 9.79 Å². The summed E-state index contributed by atoms with van der Waals surface area (Å²) in [6, 6.07) is 9.63. The van der Waals surface area contributed by atoms with Crippen LogP contribution in [0, 0.1) is 0 Å². The van der Waals surface area contributed by atoms with Gasteiger partial charge in [0.15, 0.2) is 5.96 Å². The fraction of sp³-hybridized carbons (Fsp3) is 0.500. The number of para-hydroxylation sites is 1. The van der Waals surface area contributed by atoms with Crippen molar-refractivity contribution in [3.63, 3.8) is 0 Å². The molecule has 6 heteroatoms. The minimum absolute atomic E-state index is 0.0833. The zero-order valence-corrected chi connectivity index (χ0v) is 13.5. The van der Waals surface area contributed by atoms with Crippen molar-refractivity contribution in [2.24, 2.45) is 4.99 Å². The van der Waals surface area contributed by atoms with Gasteiger partial charge in [0.05, 0.1) is 19.1 Å². The molecule has 1 aromatic rings. The molecule has 0 bridgehead atoms. The van der Waals surface area contributed by atoms with Crippen molar-refractivity contribution in [2.45, 2.75) is 26.4 Å².